The minimum atomic E-state index is -1.04. The molecular formula is C22H38O8. The average molecular weight is 431 g/mol. The highest BCUT2D eigenvalue weighted by molar-refractivity contribution is 5.59. The topological polar surface area (TPSA) is 89.5 Å². The number of carbonyl (C=O) groups excluding carboxylic acids is 2. The Morgan fingerprint density at radius 1 is 0.567 bits per heavy atom. The Balaban J connectivity index is 1.53. The quantitative estimate of drug-likeness (QED) is 0.218. The third-order valence-corrected chi connectivity index (χ3v) is 6.56. The van der Waals surface area contributed by atoms with Gasteiger partial charge >= 0.3 is 12.3 Å². The van der Waals surface area contributed by atoms with Crippen molar-refractivity contribution in [2.75, 3.05) is 0 Å². The molecule has 30 heavy (non-hydrogen) atoms. The standard InChI is InChI=1S/C22H38O8/c1-21(2,3)15-7-11-17(12-8-15)25-19(23)27-29-30-28-20(24)26-18-13-9-16(10-14-18)22(4,5)6/h15-18H,7-14H2,1-6H3. The van der Waals surface area contributed by atoms with Crippen LogP contribution in [0.15, 0.2) is 0 Å². The highest BCUT2D eigenvalue weighted by atomic mass is 17.7. The summed E-state index contributed by atoms with van der Waals surface area (Å²) in [4.78, 5) is 31.9. The van der Waals surface area contributed by atoms with E-state index in [4.69, 9.17) is 9.47 Å². The normalized spacial score (nSPS) is 27.8. The van der Waals surface area contributed by atoms with Crippen molar-refractivity contribution in [3.8, 4) is 0 Å². The van der Waals surface area contributed by atoms with E-state index in [0.29, 0.717) is 11.8 Å². The Morgan fingerprint density at radius 3 is 1.13 bits per heavy atom. The first-order valence-electron chi connectivity index (χ1n) is 11.0. The van der Waals surface area contributed by atoms with Gasteiger partial charge in [0.1, 0.15) is 12.2 Å². The summed E-state index contributed by atoms with van der Waals surface area (Å²) in [6.07, 6.45) is 4.57. The van der Waals surface area contributed by atoms with Crippen molar-refractivity contribution in [3.63, 3.8) is 0 Å². The SMILES string of the molecule is CC(C)(C)C1CCC(OC(=O)OOOOC(=O)OC2CCC(C(C)(C)C)CC2)CC1. The van der Waals surface area contributed by atoms with Crippen molar-refractivity contribution in [1.82, 2.24) is 0 Å². The molecular weight excluding hydrogens is 392 g/mol. The maximum atomic E-state index is 11.6. The van der Waals surface area contributed by atoms with Gasteiger partial charge in [0.25, 0.3) is 0 Å². The van der Waals surface area contributed by atoms with Gasteiger partial charge in [-0.3, -0.25) is 0 Å². The van der Waals surface area contributed by atoms with Crippen LogP contribution in [-0.2, 0) is 29.3 Å². The Bertz CT molecular complexity index is 496. The maximum Gasteiger partial charge on any atom is 0.543 e. The molecule has 0 unspecified atom stereocenters. The molecule has 2 aliphatic rings. The summed E-state index contributed by atoms with van der Waals surface area (Å²) < 4.78 is 10.4. The number of hydrogen-bond donors (Lipinski definition) is 0. The van der Waals surface area contributed by atoms with Crippen molar-refractivity contribution in [3.05, 3.63) is 0 Å². The lowest BCUT2D eigenvalue weighted by molar-refractivity contribution is -0.601. The lowest BCUT2D eigenvalue weighted by Crippen LogP contribution is -2.31. The zero-order chi connectivity index (χ0) is 22.4. The van der Waals surface area contributed by atoms with Crippen molar-refractivity contribution < 1.29 is 38.9 Å². The van der Waals surface area contributed by atoms with Gasteiger partial charge in [0.2, 0.25) is 0 Å². The van der Waals surface area contributed by atoms with Crippen molar-refractivity contribution >= 4 is 12.3 Å². The predicted octanol–water partition coefficient (Wildman–Crippen LogP) is 6.28. The molecule has 0 bridgehead atoms. The molecule has 0 aliphatic heterocycles. The van der Waals surface area contributed by atoms with Gasteiger partial charge in [0.15, 0.2) is 0 Å². The highest BCUT2D eigenvalue weighted by Crippen LogP contribution is 2.39. The van der Waals surface area contributed by atoms with Crippen LogP contribution in [0.1, 0.15) is 92.9 Å². The second-order valence-corrected chi connectivity index (χ2v) is 10.7. The van der Waals surface area contributed by atoms with Crippen LogP contribution in [0.2, 0.25) is 0 Å². The summed E-state index contributed by atoms with van der Waals surface area (Å²) in [5, 5.41) is 8.27. The fourth-order valence-electron chi connectivity index (χ4n) is 4.49. The zero-order valence-electron chi connectivity index (χ0n) is 19.2. The van der Waals surface area contributed by atoms with Crippen LogP contribution in [0, 0.1) is 22.7 Å². The van der Waals surface area contributed by atoms with E-state index in [2.05, 4.69) is 61.4 Å². The van der Waals surface area contributed by atoms with Gasteiger partial charge in [0.05, 0.1) is 0 Å². The lowest BCUT2D eigenvalue weighted by atomic mass is 9.72. The molecule has 0 amide bonds. The molecule has 0 N–H and O–H groups in total. The third-order valence-electron chi connectivity index (χ3n) is 6.56. The minimum Gasteiger partial charge on any atom is -0.429 e. The van der Waals surface area contributed by atoms with E-state index in [9.17, 15) is 9.59 Å². The monoisotopic (exact) mass is 430 g/mol. The van der Waals surface area contributed by atoms with E-state index >= 15 is 0 Å². The number of ether oxygens (including phenoxy) is 2. The van der Waals surface area contributed by atoms with Crippen LogP contribution in [-0.4, -0.2) is 24.5 Å². The maximum absolute atomic E-state index is 11.6. The van der Waals surface area contributed by atoms with Crippen LogP contribution in [0.3, 0.4) is 0 Å². The third kappa shape index (κ3) is 8.30. The van der Waals surface area contributed by atoms with Gasteiger partial charge in [-0.2, -0.15) is 0 Å². The van der Waals surface area contributed by atoms with E-state index in [1.54, 1.807) is 0 Å². The van der Waals surface area contributed by atoms with Gasteiger partial charge in [0, 0.05) is 10.1 Å². The molecule has 0 aromatic rings. The number of carbonyl (C=O) groups is 2. The van der Waals surface area contributed by atoms with E-state index < -0.39 is 12.3 Å². The molecule has 8 heteroatoms. The second-order valence-electron chi connectivity index (χ2n) is 10.7. The van der Waals surface area contributed by atoms with Crippen molar-refractivity contribution in [2.45, 2.75) is 105 Å². The smallest absolute Gasteiger partial charge is 0.429 e. The molecule has 0 spiro atoms. The van der Waals surface area contributed by atoms with E-state index in [1.165, 1.54) is 0 Å². The predicted molar refractivity (Wildman–Crippen MR) is 108 cm³/mol. The van der Waals surface area contributed by atoms with Gasteiger partial charge in [-0.1, -0.05) is 41.5 Å². The van der Waals surface area contributed by atoms with Crippen LogP contribution < -0.4 is 0 Å². The van der Waals surface area contributed by atoms with E-state index in [0.717, 1.165) is 51.4 Å². The van der Waals surface area contributed by atoms with Crippen LogP contribution in [0.4, 0.5) is 9.59 Å². The first-order chi connectivity index (χ1) is 13.9. The van der Waals surface area contributed by atoms with Crippen molar-refractivity contribution in [2.24, 2.45) is 22.7 Å². The fourth-order valence-corrected chi connectivity index (χ4v) is 4.49. The van der Waals surface area contributed by atoms with E-state index in [1.807, 2.05) is 0 Å². The second kappa shape index (κ2) is 10.7. The van der Waals surface area contributed by atoms with Gasteiger partial charge in [-0.05, 0) is 74.0 Å². The van der Waals surface area contributed by atoms with E-state index in [-0.39, 0.29) is 23.0 Å². The molecule has 0 heterocycles. The Labute approximate surface area is 179 Å². The Morgan fingerprint density at radius 2 is 0.867 bits per heavy atom. The molecule has 2 fully saturated rings. The molecule has 0 aromatic heterocycles. The molecule has 174 valence electrons. The first-order valence-corrected chi connectivity index (χ1v) is 11.0. The minimum absolute atomic E-state index is 0.214. The van der Waals surface area contributed by atoms with Crippen LogP contribution >= 0.6 is 0 Å². The molecule has 2 aliphatic carbocycles. The number of rotatable bonds is 5. The highest BCUT2D eigenvalue weighted by Gasteiger charge is 2.32. The summed E-state index contributed by atoms with van der Waals surface area (Å²) in [5.74, 6) is 1.21. The molecule has 0 saturated heterocycles. The summed E-state index contributed by atoms with van der Waals surface area (Å²) in [6.45, 7) is 13.3. The molecule has 2 saturated carbocycles. The molecule has 2 rings (SSSR count). The summed E-state index contributed by atoms with van der Waals surface area (Å²) in [6, 6.07) is 0. The van der Waals surface area contributed by atoms with Gasteiger partial charge in [-0.25, -0.2) is 19.4 Å². The Hall–Kier alpha value is -1.54. The molecule has 0 aromatic carbocycles. The lowest BCUT2D eigenvalue weighted by Gasteiger charge is -2.36. The first kappa shape index (κ1) is 24.7. The summed E-state index contributed by atoms with van der Waals surface area (Å²) in [7, 11) is 0. The molecule has 8 nitrogen and oxygen atoms in total. The number of hydrogen-bond acceptors (Lipinski definition) is 8. The molecule has 0 radical (unpaired) electrons. The fraction of sp³-hybridized carbons (Fsp3) is 0.909. The summed E-state index contributed by atoms with van der Waals surface area (Å²) >= 11 is 0. The van der Waals surface area contributed by atoms with Crippen molar-refractivity contribution in [1.29, 1.82) is 0 Å². The Kier molecular flexibility index (Phi) is 8.79. The van der Waals surface area contributed by atoms with Crippen LogP contribution in [0.5, 0.6) is 0 Å². The summed E-state index contributed by atoms with van der Waals surface area (Å²) in [5.41, 5.74) is 0.501. The van der Waals surface area contributed by atoms with Gasteiger partial charge in [-0.15, -0.1) is 0 Å². The average Bonchev–Trinajstić information content (AvgIpc) is 2.65. The van der Waals surface area contributed by atoms with Gasteiger partial charge < -0.3 is 9.47 Å². The largest absolute Gasteiger partial charge is 0.543 e. The van der Waals surface area contributed by atoms with Crippen LogP contribution in [0.25, 0.3) is 0 Å². The zero-order valence-corrected chi connectivity index (χ0v) is 19.2. The molecule has 0 atom stereocenters.